The van der Waals surface area contributed by atoms with Crippen LogP contribution in [0.3, 0.4) is 0 Å². The van der Waals surface area contributed by atoms with E-state index in [1.165, 1.54) is 19.3 Å². The molecular formula is C9H8Cl3N3O2. The van der Waals surface area contributed by atoms with Crippen molar-refractivity contribution in [2.24, 2.45) is 4.99 Å². The summed E-state index contributed by atoms with van der Waals surface area (Å²) in [5.74, 6) is 0. The second kappa shape index (κ2) is 5.62. The Morgan fingerprint density at radius 2 is 2.24 bits per heavy atom. The Morgan fingerprint density at radius 1 is 1.59 bits per heavy atom. The van der Waals surface area contributed by atoms with E-state index in [4.69, 9.17) is 34.8 Å². The SMILES string of the molecule is CN=C(C[N+](=O)[O-])C(Cl)(Cl)c1ccc(Cl)nc1. The number of rotatable bonds is 4. The number of nitrogens with zero attached hydrogens (tertiary/aromatic N) is 3. The molecule has 1 aromatic rings. The van der Waals surface area contributed by atoms with E-state index < -0.39 is 15.8 Å². The van der Waals surface area contributed by atoms with Crippen LogP contribution in [0.1, 0.15) is 5.56 Å². The fourth-order valence-corrected chi connectivity index (χ4v) is 1.78. The molecule has 92 valence electrons. The van der Waals surface area contributed by atoms with E-state index in [-0.39, 0.29) is 10.9 Å². The van der Waals surface area contributed by atoms with Crippen LogP contribution in [0, 0.1) is 10.1 Å². The van der Waals surface area contributed by atoms with Gasteiger partial charge in [-0.2, -0.15) is 0 Å². The van der Waals surface area contributed by atoms with Gasteiger partial charge in [-0.3, -0.25) is 15.1 Å². The van der Waals surface area contributed by atoms with Crippen LogP contribution in [0.15, 0.2) is 23.3 Å². The summed E-state index contributed by atoms with van der Waals surface area (Å²) in [6.07, 6.45) is 1.35. The van der Waals surface area contributed by atoms with E-state index in [0.29, 0.717) is 5.56 Å². The first kappa shape index (κ1) is 14.2. The van der Waals surface area contributed by atoms with Gasteiger partial charge in [0.15, 0.2) is 4.33 Å². The van der Waals surface area contributed by atoms with Crippen molar-refractivity contribution >= 4 is 40.5 Å². The lowest BCUT2D eigenvalue weighted by atomic mass is 10.1. The maximum absolute atomic E-state index is 10.5. The van der Waals surface area contributed by atoms with E-state index in [1.54, 1.807) is 6.07 Å². The van der Waals surface area contributed by atoms with Crippen molar-refractivity contribution in [3.8, 4) is 0 Å². The summed E-state index contributed by atoms with van der Waals surface area (Å²) in [6, 6.07) is 3.04. The van der Waals surface area contributed by atoms with E-state index in [1.807, 2.05) is 0 Å². The highest BCUT2D eigenvalue weighted by Gasteiger charge is 2.36. The quantitative estimate of drug-likeness (QED) is 0.282. The average molecular weight is 297 g/mol. The molecule has 1 heterocycles. The van der Waals surface area contributed by atoms with Crippen LogP contribution in [-0.2, 0) is 4.33 Å². The predicted octanol–water partition coefficient (Wildman–Crippen LogP) is 2.71. The largest absolute Gasteiger partial charge is 0.287 e. The average Bonchev–Trinajstić information content (AvgIpc) is 2.26. The summed E-state index contributed by atoms with van der Waals surface area (Å²) in [5, 5.41) is 10.8. The van der Waals surface area contributed by atoms with Crippen molar-refractivity contribution in [2.45, 2.75) is 4.33 Å². The van der Waals surface area contributed by atoms with Crippen LogP contribution in [0.25, 0.3) is 0 Å². The third-order valence-corrected chi connectivity index (χ3v) is 3.10. The van der Waals surface area contributed by atoms with E-state index in [2.05, 4.69) is 9.98 Å². The van der Waals surface area contributed by atoms with E-state index in [0.717, 1.165) is 0 Å². The maximum Gasteiger partial charge on any atom is 0.244 e. The van der Waals surface area contributed by atoms with Crippen molar-refractivity contribution in [1.29, 1.82) is 0 Å². The Hall–Kier alpha value is -0.910. The minimum atomic E-state index is -1.58. The Balaban J connectivity index is 3.08. The van der Waals surface area contributed by atoms with Gasteiger partial charge < -0.3 is 0 Å². The van der Waals surface area contributed by atoms with Crippen molar-refractivity contribution in [1.82, 2.24) is 4.98 Å². The smallest absolute Gasteiger partial charge is 0.244 e. The summed E-state index contributed by atoms with van der Waals surface area (Å²) in [5.41, 5.74) is 0.419. The molecule has 0 bridgehead atoms. The number of halogens is 3. The number of aliphatic imine (C=N–C) groups is 1. The van der Waals surface area contributed by atoms with Gasteiger partial charge >= 0.3 is 0 Å². The van der Waals surface area contributed by atoms with Gasteiger partial charge in [0.2, 0.25) is 6.54 Å². The second-order valence-corrected chi connectivity index (χ2v) is 4.82. The van der Waals surface area contributed by atoms with Gasteiger partial charge in [0, 0.05) is 23.7 Å². The third-order valence-electron chi connectivity index (χ3n) is 2.00. The fraction of sp³-hybridized carbons (Fsp3) is 0.333. The zero-order valence-corrected chi connectivity index (χ0v) is 11.0. The number of nitro groups is 1. The molecule has 0 aliphatic rings. The first-order valence-electron chi connectivity index (χ1n) is 4.45. The molecule has 1 rings (SSSR count). The molecule has 5 nitrogen and oxygen atoms in total. The van der Waals surface area contributed by atoms with Gasteiger partial charge in [0.25, 0.3) is 0 Å². The molecule has 0 spiro atoms. The molecule has 0 amide bonds. The molecule has 17 heavy (non-hydrogen) atoms. The fourth-order valence-electron chi connectivity index (χ4n) is 1.16. The highest BCUT2D eigenvalue weighted by atomic mass is 35.5. The summed E-state index contributed by atoms with van der Waals surface area (Å²) in [7, 11) is 1.39. The Bertz CT molecular complexity index is 445. The number of hydrogen-bond acceptors (Lipinski definition) is 4. The normalized spacial score (nSPS) is 12.6. The lowest BCUT2D eigenvalue weighted by Crippen LogP contribution is -2.30. The maximum atomic E-state index is 10.5. The Kier molecular flexibility index (Phi) is 4.68. The summed E-state index contributed by atoms with van der Waals surface area (Å²) in [4.78, 5) is 17.5. The Morgan fingerprint density at radius 3 is 2.65 bits per heavy atom. The predicted molar refractivity (Wildman–Crippen MR) is 67.9 cm³/mol. The number of pyridine rings is 1. The van der Waals surface area contributed by atoms with E-state index >= 15 is 0 Å². The molecular weight excluding hydrogens is 288 g/mol. The van der Waals surface area contributed by atoms with E-state index in [9.17, 15) is 10.1 Å². The molecule has 0 saturated heterocycles. The van der Waals surface area contributed by atoms with Crippen molar-refractivity contribution in [3.05, 3.63) is 39.2 Å². The molecule has 0 aromatic carbocycles. The molecule has 0 fully saturated rings. The molecule has 0 atom stereocenters. The van der Waals surface area contributed by atoms with Gasteiger partial charge in [-0.1, -0.05) is 40.9 Å². The van der Waals surface area contributed by atoms with Crippen LogP contribution in [0.2, 0.25) is 5.15 Å². The first-order chi connectivity index (χ1) is 7.87. The van der Waals surface area contributed by atoms with Crippen LogP contribution in [0.4, 0.5) is 0 Å². The molecule has 0 N–H and O–H groups in total. The molecule has 0 aliphatic carbocycles. The van der Waals surface area contributed by atoms with Gasteiger partial charge in [-0.15, -0.1) is 0 Å². The number of aromatic nitrogens is 1. The lowest BCUT2D eigenvalue weighted by molar-refractivity contribution is -0.463. The van der Waals surface area contributed by atoms with Gasteiger partial charge in [0.05, 0.1) is 0 Å². The summed E-state index contributed by atoms with van der Waals surface area (Å²) in [6.45, 7) is -0.536. The molecule has 0 unspecified atom stereocenters. The van der Waals surface area contributed by atoms with Crippen LogP contribution in [0.5, 0.6) is 0 Å². The van der Waals surface area contributed by atoms with Crippen LogP contribution < -0.4 is 0 Å². The zero-order chi connectivity index (χ0) is 13.1. The Labute approximate surface area is 113 Å². The molecule has 0 saturated carbocycles. The second-order valence-electron chi connectivity index (χ2n) is 3.11. The third kappa shape index (κ3) is 3.52. The summed E-state index contributed by atoms with van der Waals surface area (Å²) < 4.78 is -1.58. The summed E-state index contributed by atoms with van der Waals surface area (Å²) >= 11 is 17.8. The monoisotopic (exact) mass is 295 g/mol. The number of hydrogen-bond donors (Lipinski definition) is 0. The molecule has 8 heteroatoms. The minimum absolute atomic E-state index is 0.0370. The standard InChI is InChI=1S/C9H8Cl3N3O2/c1-13-7(5-15(16)17)9(11,12)6-2-3-8(10)14-4-6/h2-4H,5H2,1H3. The molecule has 1 aromatic heterocycles. The van der Waals surface area contributed by atoms with Crippen LogP contribution >= 0.6 is 34.8 Å². The minimum Gasteiger partial charge on any atom is -0.287 e. The number of alkyl halides is 2. The zero-order valence-electron chi connectivity index (χ0n) is 8.73. The highest BCUT2D eigenvalue weighted by Crippen LogP contribution is 2.35. The highest BCUT2D eigenvalue weighted by molar-refractivity contribution is 6.58. The van der Waals surface area contributed by atoms with Crippen molar-refractivity contribution < 1.29 is 4.92 Å². The molecule has 0 radical (unpaired) electrons. The molecule has 0 aliphatic heterocycles. The first-order valence-corrected chi connectivity index (χ1v) is 5.59. The van der Waals surface area contributed by atoms with Crippen molar-refractivity contribution in [3.63, 3.8) is 0 Å². The van der Waals surface area contributed by atoms with Gasteiger partial charge in [-0.05, 0) is 6.07 Å². The lowest BCUT2D eigenvalue weighted by Gasteiger charge is -2.19. The van der Waals surface area contributed by atoms with Gasteiger partial charge in [0.1, 0.15) is 10.9 Å². The topological polar surface area (TPSA) is 68.4 Å². The van der Waals surface area contributed by atoms with Crippen LogP contribution in [-0.4, -0.2) is 29.2 Å². The van der Waals surface area contributed by atoms with Crippen molar-refractivity contribution in [2.75, 3.05) is 13.6 Å². The van der Waals surface area contributed by atoms with Gasteiger partial charge in [-0.25, -0.2) is 4.98 Å².